The Bertz CT molecular complexity index is 801. The maximum atomic E-state index is 12.7. The fourth-order valence-corrected chi connectivity index (χ4v) is 4.39. The Hall–Kier alpha value is -2.14. The molecule has 1 aliphatic rings. The topological polar surface area (TPSA) is 58.9 Å². The summed E-state index contributed by atoms with van der Waals surface area (Å²) in [6.45, 7) is 4.31. The summed E-state index contributed by atoms with van der Waals surface area (Å²) in [7, 11) is 0. The van der Waals surface area contributed by atoms with Gasteiger partial charge in [-0.25, -0.2) is 0 Å². The minimum absolute atomic E-state index is 0.0311. The van der Waals surface area contributed by atoms with Crippen LogP contribution < -0.4 is 0 Å². The van der Waals surface area contributed by atoms with Gasteiger partial charge >= 0.3 is 0 Å². The van der Waals surface area contributed by atoms with Crippen LogP contribution in [-0.4, -0.2) is 23.2 Å². The Labute approximate surface area is 151 Å². The lowest BCUT2D eigenvalue weighted by atomic mass is 9.83. The van der Waals surface area contributed by atoms with E-state index in [0.29, 0.717) is 37.2 Å². The Morgan fingerprint density at radius 3 is 2.80 bits per heavy atom. The second-order valence-corrected chi connectivity index (χ2v) is 7.36. The number of Topliss-reactive ketones (excluding diaryl/α,β-unsaturated/α-hetero) is 1. The molecule has 1 unspecified atom stereocenters. The number of hydrogen-bond donors (Lipinski definition) is 1. The number of hydrogen-bond acceptors (Lipinski definition) is 5. The van der Waals surface area contributed by atoms with Crippen LogP contribution in [0.4, 0.5) is 0 Å². The van der Waals surface area contributed by atoms with Gasteiger partial charge in [0.05, 0.1) is 11.3 Å². The largest absolute Gasteiger partial charge is 0.511 e. The van der Waals surface area contributed by atoms with Crippen LogP contribution in [0.25, 0.3) is 10.1 Å². The van der Waals surface area contributed by atoms with Crippen molar-refractivity contribution >= 4 is 32.9 Å². The molecular weight excluding hydrogens is 334 g/mol. The summed E-state index contributed by atoms with van der Waals surface area (Å²) in [6.07, 6.45) is 2.35. The molecule has 25 heavy (non-hydrogen) atoms. The first-order chi connectivity index (χ1) is 12.1. The Morgan fingerprint density at radius 1 is 1.32 bits per heavy atom. The van der Waals surface area contributed by atoms with E-state index < -0.39 is 0 Å². The van der Waals surface area contributed by atoms with Gasteiger partial charge in [-0.1, -0.05) is 36.7 Å². The van der Waals surface area contributed by atoms with Gasteiger partial charge < -0.3 is 9.94 Å². The van der Waals surface area contributed by atoms with E-state index in [1.807, 2.05) is 26.0 Å². The zero-order valence-corrected chi connectivity index (χ0v) is 15.4. The summed E-state index contributed by atoms with van der Waals surface area (Å²) >= 11 is 1.70. The number of aliphatic hydroxyl groups excluding tert-OH is 1. The Balaban J connectivity index is 1.89. The second kappa shape index (κ2) is 7.83. The van der Waals surface area contributed by atoms with Gasteiger partial charge in [0.25, 0.3) is 0 Å². The van der Waals surface area contributed by atoms with E-state index in [2.05, 4.69) is 23.4 Å². The van der Waals surface area contributed by atoms with Gasteiger partial charge in [0, 0.05) is 28.3 Å². The molecule has 0 saturated heterocycles. The van der Waals surface area contributed by atoms with Crippen molar-refractivity contribution in [1.29, 1.82) is 0 Å². The fraction of sp³-hybridized carbons (Fsp3) is 0.400. The van der Waals surface area contributed by atoms with Crippen molar-refractivity contribution in [3.05, 3.63) is 46.5 Å². The third kappa shape index (κ3) is 3.76. The van der Waals surface area contributed by atoms with Gasteiger partial charge in [0.15, 0.2) is 5.78 Å². The lowest BCUT2D eigenvalue weighted by Crippen LogP contribution is -2.23. The predicted molar refractivity (Wildman–Crippen MR) is 102 cm³/mol. The van der Waals surface area contributed by atoms with Crippen molar-refractivity contribution in [1.82, 2.24) is 0 Å². The van der Waals surface area contributed by atoms with Gasteiger partial charge in [-0.05, 0) is 30.9 Å². The summed E-state index contributed by atoms with van der Waals surface area (Å²) in [5, 5.41) is 15.8. The highest BCUT2D eigenvalue weighted by Gasteiger charge is 2.32. The van der Waals surface area contributed by atoms with Crippen LogP contribution in [0.3, 0.4) is 0 Å². The number of thiophene rings is 1. The smallest absolute Gasteiger partial charge is 0.168 e. The number of rotatable bonds is 6. The standard InChI is InChI=1S/C20H23NO3S/c1-3-7-15(21-24-4-2)20-16(22)10-14(11-17(20)23)19-12-13-8-5-6-9-18(13)25-19/h5-6,8-9,12,14,22H,3-4,7,10-11H2,1-2H3/b21-15-. The van der Waals surface area contributed by atoms with E-state index in [4.69, 9.17) is 4.84 Å². The number of ketones is 1. The molecule has 5 heteroatoms. The highest BCUT2D eigenvalue weighted by Crippen LogP contribution is 2.39. The highest BCUT2D eigenvalue weighted by molar-refractivity contribution is 7.19. The average molecular weight is 357 g/mol. The summed E-state index contributed by atoms with van der Waals surface area (Å²) < 4.78 is 1.21. The van der Waals surface area contributed by atoms with Crippen LogP contribution in [0.15, 0.2) is 46.8 Å². The summed E-state index contributed by atoms with van der Waals surface area (Å²) in [5.41, 5.74) is 0.939. The molecule has 1 N–H and O–H groups in total. The fourth-order valence-electron chi connectivity index (χ4n) is 3.22. The number of carbonyl (C=O) groups is 1. The van der Waals surface area contributed by atoms with Crippen LogP contribution >= 0.6 is 11.3 Å². The monoisotopic (exact) mass is 357 g/mol. The van der Waals surface area contributed by atoms with Gasteiger partial charge in [-0.15, -0.1) is 11.3 Å². The molecule has 4 nitrogen and oxygen atoms in total. The molecule has 0 bridgehead atoms. The summed E-state index contributed by atoms with van der Waals surface area (Å²) in [4.78, 5) is 19.0. The number of nitrogens with zero attached hydrogens (tertiary/aromatic N) is 1. The van der Waals surface area contributed by atoms with Crippen LogP contribution in [-0.2, 0) is 9.63 Å². The molecule has 132 valence electrons. The first-order valence-corrected chi connectivity index (χ1v) is 9.58. The van der Waals surface area contributed by atoms with Gasteiger partial charge in [0.1, 0.15) is 12.4 Å². The maximum Gasteiger partial charge on any atom is 0.168 e. The van der Waals surface area contributed by atoms with Crippen LogP contribution in [0.2, 0.25) is 0 Å². The van der Waals surface area contributed by atoms with Crippen LogP contribution in [0.5, 0.6) is 0 Å². The summed E-state index contributed by atoms with van der Waals surface area (Å²) in [5.74, 6) is 0.132. The zero-order valence-electron chi connectivity index (χ0n) is 14.6. The van der Waals surface area contributed by atoms with E-state index in [0.717, 1.165) is 11.3 Å². The summed E-state index contributed by atoms with van der Waals surface area (Å²) in [6, 6.07) is 10.3. The van der Waals surface area contributed by atoms with Crippen LogP contribution in [0.1, 0.15) is 50.3 Å². The third-order valence-corrected chi connectivity index (χ3v) is 5.64. The van der Waals surface area contributed by atoms with Crippen LogP contribution in [0, 0.1) is 0 Å². The number of oxime groups is 1. The van der Waals surface area contributed by atoms with Gasteiger partial charge in [-0.3, -0.25) is 4.79 Å². The van der Waals surface area contributed by atoms with Crippen molar-refractivity contribution in [2.75, 3.05) is 6.61 Å². The molecule has 0 saturated carbocycles. The SMILES string of the molecule is CCC/C(=N/OCC)C1=C(O)CC(c2cc3ccccc3s2)CC1=O. The number of benzene rings is 1. The molecular formula is C20H23NO3S. The number of carbonyl (C=O) groups excluding carboxylic acids is 1. The van der Waals surface area contributed by atoms with Gasteiger partial charge in [-0.2, -0.15) is 0 Å². The Morgan fingerprint density at radius 2 is 2.12 bits per heavy atom. The van der Waals surface area contributed by atoms with E-state index in [-0.39, 0.29) is 17.5 Å². The molecule has 1 aromatic carbocycles. The molecule has 0 radical (unpaired) electrons. The molecule has 1 aromatic heterocycles. The molecule has 1 aliphatic carbocycles. The van der Waals surface area contributed by atoms with E-state index in [1.54, 1.807) is 11.3 Å². The lowest BCUT2D eigenvalue weighted by Gasteiger charge is -2.23. The average Bonchev–Trinajstić information content (AvgIpc) is 3.03. The van der Waals surface area contributed by atoms with Crippen molar-refractivity contribution in [3.63, 3.8) is 0 Å². The lowest BCUT2D eigenvalue weighted by molar-refractivity contribution is -0.116. The highest BCUT2D eigenvalue weighted by atomic mass is 32.1. The molecule has 0 fully saturated rings. The third-order valence-electron chi connectivity index (χ3n) is 4.37. The predicted octanol–water partition coefficient (Wildman–Crippen LogP) is 5.35. The van der Waals surface area contributed by atoms with E-state index in [9.17, 15) is 9.90 Å². The minimum Gasteiger partial charge on any atom is -0.511 e. The van der Waals surface area contributed by atoms with Crippen molar-refractivity contribution in [2.24, 2.45) is 5.16 Å². The first kappa shape index (κ1) is 17.7. The second-order valence-electron chi connectivity index (χ2n) is 6.24. The zero-order chi connectivity index (χ0) is 17.8. The molecule has 0 amide bonds. The minimum atomic E-state index is -0.0434. The quantitative estimate of drug-likeness (QED) is 0.560. The van der Waals surface area contributed by atoms with Gasteiger partial charge in [0.2, 0.25) is 0 Å². The maximum absolute atomic E-state index is 12.7. The molecule has 2 aromatic rings. The Kier molecular flexibility index (Phi) is 5.53. The normalized spacial score (nSPS) is 18.9. The first-order valence-electron chi connectivity index (χ1n) is 8.77. The van der Waals surface area contributed by atoms with E-state index in [1.165, 1.54) is 10.1 Å². The van der Waals surface area contributed by atoms with Crippen molar-refractivity contribution in [3.8, 4) is 0 Å². The molecule has 0 spiro atoms. The molecule has 3 rings (SSSR count). The van der Waals surface area contributed by atoms with Crippen molar-refractivity contribution in [2.45, 2.75) is 45.4 Å². The molecule has 0 aliphatic heterocycles. The number of aliphatic hydroxyl groups is 1. The number of allylic oxidation sites excluding steroid dienone is 2. The van der Waals surface area contributed by atoms with E-state index >= 15 is 0 Å². The van der Waals surface area contributed by atoms with Crippen molar-refractivity contribution < 1.29 is 14.7 Å². The number of fused-ring (bicyclic) bond motifs is 1. The molecule has 1 heterocycles. The molecule has 1 atom stereocenters.